The van der Waals surface area contributed by atoms with Gasteiger partial charge in [0.05, 0.1) is 11.8 Å². The molecule has 5 nitrogen and oxygen atoms in total. The van der Waals surface area contributed by atoms with Crippen LogP contribution in [0.5, 0.6) is 0 Å². The third kappa shape index (κ3) is 3.17. The number of nitrogens with one attached hydrogen (secondary N) is 1. The van der Waals surface area contributed by atoms with Crippen molar-refractivity contribution in [2.24, 2.45) is 35.5 Å². The lowest BCUT2D eigenvalue weighted by Gasteiger charge is -2.37. The summed E-state index contributed by atoms with van der Waals surface area (Å²) in [7, 11) is 0. The number of aryl methyl sites for hydroxylation is 2. The van der Waals surface area contributed by atoms with Crippen LogP contribution in [0.25, 0.3) is 0 Å². The summed E-state index contributed by atoms with van der Waals surface area (Å²) in [5, 5.41) is 3.03. The van der Waals surface area contributed by atoms with Gasteiger partial charge in [0.1, 0.15) is 6.04 Å². The van der Waals surface area contributed by atoms with E-state index in [4.69, 9.17) is 0 Å². The molecule has 2 aromatic carbocycles. The molecule has 168 valence electrons. The third-order valence-electron chi connectivity index (χ3n) is 8.23. The van der Waals surface area contributed by atoms with Crippen molar-refractivity contribution in [1.82, 2.24) is 4.90 Å². The number of rotatable bonds is 5. The van der Waals surface area contributed by atoms with Crippen molar-refractivity contribution in [3.05, 3.63) is 77.4 Å². The largest absolute Gasteiger partial charge is 0.324 e. The fourth-order valence-electron chi connectivity index (χ4n) is 6.51. The van der Waals surface area contributed by atoms with Gasteiger partial charge in [-0.15, -0.1) is 0 Å². The molecule has 2 aromatic rings. The Labute approximate surface area is 193 Å². The minimum absolute atomic E-state index is 0.144. The summed E-state index contributed by atoms with van der Waals surface area (Å²) in [4.78, 5) is 42.4. The standard InChI is InChI=1S/C28H28N2O3/c1-15-8-9-16(2)22(12-15)29-26(31)23(13-17-6-4-3-5-7-17)30-27(32)24-18-10-11-19(21-14-20(18)21)25(24)28(30)33/h3-12,18-21,23-25H,13-14H2,1-2H3,(H,29,31)/t18-,19-,20-,21-,23-,24-,25+/m1/s1. The van der Waals surface area contributed by atoms with Crippen molar-refractivity contribution < 1.29 is 14.4 Å². The molecule has 7 rings (SSSR count). The van der Waals surface area contributed by atoms with Crippen LogP contribution in [0, 0.1) is 49.4 Å². The smallest absolute Gasteiger partial charge is 0.248 e. The Morgan fingerprint density at radius 1 is 0.970 bits per heavy atom. The Kier molecular flexibility index (Phi) is 4.58. The Bertz CT molecular complexity index is 1150. The van der Waals surface area contributed by atoms with Gasteiger partial charge in [-0.25, -0.2) is 0 Å². The molecule has 4 aliphatic carbocycles. The molecule has 7 atom stereocenters. The maximum atomic E-state index is 13.7. The number of amides is 3. The highest BCUT2D eigenvalue weighted by Crippen LogP contribution is 2.65. The van der Waals surface area contributed by atoms with Crippen molar-refractivity contribution in [2.45, 2.75) is 32.7 Å². The summed E-state index contributed by atoms with van der Waals surface area (Å²) >= 11 is 0. The van der Waals surface area contributed by atoms with Crippen LogP contribution < -0.4 is 5.32 Å². The van der Waals surface area contributed by atoms with Crippen LogP contribution in [0.15, 0.2) is 60.7 Å². The number of hydrogen-bond acceptors (Lipinski definition) is 3. The number of anilines is 1. The predicted molar refractivity (Wildman–Crippen MR) is 125 cm³/mol. The number of likely N-dealkylation sites (tertiary alicyclic amines) is 1. The van der Waals surface area contributed by atoms with E-state index in [0.717, 1.165) is 28.8 Å². The first-order chi connectivity index (χ1) is 15.9. The fourth-order valence-corrected chi connectivity index (χ4v) is 6.51. The van der Waals surface area contributed by atoms with E-state index in [2.05, 4.69) is 17.5 Å². The second-order valence-corrected chi connectivity index (χ2v) is 10.2. The molecule has 1 N–H and O–H groups in total. The molecule has 5 aliphatic rings. The lowest BCUT2D eigenvalue weighted by molar-refractivity contribution is -0.146. The number of allylic oxidation sites excluding steroid dienone is 2. The normalized spacial score (nSPS) is 31.9. The van der Waals surface area contributed by atoms with Crippen LogP contribution in [0.4, 0.5) is 5.69 Å². The topological polar surface area (TPSA) is 66.5 Å². The van der Waals surface area contributed by atoms with Crippen molar-refractivity contribution in [3.63, 3.8) is 0 Å². The molecule has 0 spiro atoms. The highest BCUT2D eigenvalue weighted by Gasteiger charge is 2.67. The van der Waals surface area contributed by atoms with E-state index < -0.39 is 6.04 Å². The van der Waals surface area contributed by atoms with Gasteiger partial charge < -0.3 is 5.32 Å². The molecular formula is C28H28N2O3. The Hall–Kier alpha value is -3.21. The monoisotopic (exact) mass is 440 g/mol. The molecule has 33 heavy (non-hydrogen) atoms. The summed E-state index contributed by atoms with van der Waals surface area (Å²) < 4.78 is 0. The number of imide groups is 1. The molecular weight excluding hydrogens is 412 g/mol. The number of carbonyl (C=O) groups excluding carboxylic acids is 3. The van der Waals surface area contributed by atoms with E-state index in [1.807, 2.05) is 62.4 Å². The highest BCUT2D eigenvalue weighted by atomic mass is 16.2. The zero-order valence-corrected chi connectivity index (χ0v) is 18.9. The molecule has 3 amide bonds. The number of benzene rings is 2. The van der Waals surface area contributed by atoms with Crippen molar-refractivity contribution >= 4 is 23.4 Å². The van der Waals surface area contributed by atoms with Gasteiger partial charge >= 0.3 is 0 Å². The maximum Gasteiger partial charge on any atom is 0.248 e. The first-order valence-electron chi connectivity index (χ1n) is 11.9. The lowest BCUT2D eigenvalue weighted by atomic mass is 9.63. The zero-order chi connectivity index (χ0) is 22.9. The minimum atomic E-state index is -0.867. The van der Waals surface area contributed by atoms with E-state index in [1.165, 1.54) is 4.90 Å². The van der Waals surface area contributed by atoms with Gasteiger partial charge in [-0.05, 0) is 66.7 Å². The number of hydrogen-bond donors (Lipinski definition) is 1. The van der Waals surface area contributed by atoms with Crippen LogP contribution in [0.3, 0.4) is 0 Å². The quantitative estimate of drug-likeness (QED) is 0.566. The summed E-state index contributed by atoms with van der Waals surface area (Å²) in [5.74, 6) is 0.128. The summed E-state index contributed by atoms with van der Waals surface area (Å²) in [5.41, 5.74) is 3.63. The summed E-state index contributed by atoms with van der Waals surface area (Å²) in [6.07, 6.45) is 5.76. The van der Waals surface area contributed by atoms with Gasteiger partial charge in [-0.1, -0.05) is 54.6 Å². The zero-order valence-electron chi connectivity index (χ0n) is 18.9. The van der Waals surface area contributed by atoms with E-state index >= 15 is 0 Å². The van der Waals surface area contributed by atoms with Gasteiger partial charge in [0, 0.05) is 12.1 Å². The molecule has 1 heterocycles. The first-order valence-corrected chi connectivity index (χ1v) is 11.9. The maximum absolute atomic E-state index is 13.7. The highest BCUT2D eigenvalue weighted by molar-refractivity contribution is 6.11. The summed E-state index contributed by atoms with van der Waals surface area (Å²) in [6.45, 7) is 3.92. The Balaban J connectivity index is 1.34. The van der Waals surface area contributed by atoms with Crippen LogP contribution in [0.1, 0.15) is 23.1 Å². The second kappa shape index (κ2) is 7.41. The fraction of sp³-hybridized carbons (Fsp3) is 0.393. The van der Waals surface area contributed by atoms with Crippen molar-refractivity contribution in [2.75, 3.05) is 5.32 Å². The van der Waals surface area contributed by atoms with Crippen LogP contribution in [-0.2, 0) is 20.8 Å². The van der Waals surface area contributed by atoms with Crippen LogP contribution in [-0.4, -0.2) is 28.7 Å². The average Bonchev–Trinajstić information content (AvgIpc) is 3.59. The third-order valence-corrected chi connectivity index (χ3v) is 8.23. The molecule has 2 bridgehead atoms. The predicted octanol–water partition coefficient (Wildman–Crippen LogP) is 3.91. The first kappa shape index (κ1) is 20.4. The van der Waals surface area contributed by atoms with Crippen molar-refractivity contribution in [3.8, 4) is 0 Å². The second-order valence-electron chi connectivity index (χ2n) is 10.2. The van der Waals surface area contributed by atoms with Gasteiger partial charge in [0.15, 0.2) is 0 Å². The number of carbonyl (C=O) groups is 3. The molecule has 3 fully saturated rings. The van der Waals surface area contributed by atoms with E-state index in [0.29, 0.717) is 18.3 Å². The molecule has 1 saturated heterocycles. The molecule has 2 saturated carbocycles. The number of nitrogens with zero attached hydrogens (tertiary/aromatic N) is 1. The van der Waals surface area contributed by atoms with E-state index in [1.54, 1.807) is 0 Å². The van der Waals surface area contributed by atoms with E-state index in [9.17, 15) is 14.4 Å². The van der Waals surface area contributed by atoms with Gasteiger partial charge in [-0.2, -0.15) is 0 Å². The Morgan fingerprint density at radius 3 is 2.24 bits per heavy atom. The molecule has 1 aliphatic heterocycles. The average molecular weight is 441 g/mol. The molecule has 0 aromatic heterocycles. The van der Waals surface area contributed by atoms with E-state index in [-0.39, 0.29) is 41.4 Å². The van der Waals surface area contributed by atoms with Crippen LogP contribution in [0.2, 0.25) is 0 Å². The molecule has 0 radical (unpaired) electrons. The summed E-state index contributed by atoms with van der Waals surface area (Å²) in [6, 6.07) is 14.7. The molecule has 0 unspecified atom stereocenters. The minimum Gasteiger partial charge on any atom is -0.324 e. The molecule has 5 heteroatoms. The van der Waals surface area contributed by atoms with Crippen LogP contribution >= 0.6 is 0 Å². The van der Waals surface area contributed by atoms with Gasteiger partial charge in [-0.3, -0.25) is 19.3 Å². The Morgan fingerprint density at radius 2 is 1.61 bits per heavy atom. The SMILES string of the molecule is Cc1ccc(C)c(NC(=O)[C@@H](Cc2ccccc2)N2C(=O)[C@@H]3[C@@H]4C=C[C@H]([C@H]5C[C@H]45)[C@@H]3C2=O)c1. The van der Waals surface area contributed by atoms with Crippen molar-refractivity contribution in [1.29, 1.82) is 0 Å². The van der Waals surface area contributed by atoms with Gasteiger partial charge in [0.25, 0.3) is 0 Å². The lowest BCUT2D eigenvalue weighted by Crippen LogP contribution is -2.49. The van der Waals surface area contributed by atoms with Gasteiger partial charge in [0.2, 0.25) is 17.7 Å².